The number of nitriles is 1. The molecule has 0 saturated heterocycles. The number of anilines is 1. The van der Waals surface area contributed by atoms with Gasteiger partial charge < -0.3 is 20.5 Å². The fourth-order valence-corrected chi connectivity index (χ4v) is 3.08. The van der Waals surface area contributed by atoms with Gasteiger partial charge in [-0.1, -0.05) is 18.2 Å². The summed E-state index contributed by atoms with van der Waals surface area (Å²) in [5.41, 5.74) is 8.35. The molecular formula is C22H23N5O3. The zero-order valence-electron chi connectivity index (χ0n) is 16.9. The average molecular weight is 405 g/mol. The number of carbonyl (C=O) groups excluding carboxylic acids is 1. The van der Waals surface area contributed by atoms with Crippen LogP contribution in [0.2, 0.25) is 0 Å². The summed E-state index contributed by atoms with van der Waals surface area (Å²) in [6.45, 7) is 0.427. The topological polar surface area (TPSA) is 115 Å². The molecule has 0 unspecified atom stereocenters. The van der Waals surface area contributed by atoms with Crippen molar-refractivity contribution in [3.05, 3.63) is 65.4 Å². The summed E-state index contributed by atoms with van der Waals surface area (Å²) in [4.78, 5) is 12.4. The van der Waals surface area contributed by atoms with Crippen molar-refractivity contribution in [3.63, 3.8) is 0 Å². The van der Waals surface area contributed by atoms with Gasteiger partial charge >= 0.3 is 0 Å². The summed E-state index contributed by atoms with van der Waals surface area (Å²) in [5, 5.41) is 16.8. The van der Waals surface area contributed by atoms with Crippen LogP contribution in [0.25, 0.3) is 5.69 Å². The van der Waals surface area contributed by atoms with Crippen LogP contribution in [0.4, 0.5) is 5.82 Å². The maximum absolute atomic E-state index is 12.4. The molecule has 0 aliphatic heterocycles. The highest BCUT2D eigenvalue weighted by Crippen LogP contribution is 2.27. The van der Waals surface area contributed by atoms with Gasteiger partial charge in [-0.25, -0.2) is 4.68 Å². The summed E-state index contributed by atoms with van der Waals surface area (Å²) in [5.74, 6) is 1.15. The van der Waals surface area contributed by atoms with E-state index in [0.717, 1.165) is 5.69 Å². The summed E-state index contributed by atoms with van der Waals surface area (Å²) in [6.07, 6.45) is 1.12. The maximum Gasteiger partial charge on any atom is 0.251 e. The Morgan fingerprint density at radius 1 is 1.17 bits per heavy atom. The third kappa shape index (κ3) is 4.36. The largest absolute Gasteiger partial charge is 0.493 e. The van der Waals surface area contributed by atoms with E-state index < -0.39 is 0 Å². The third-order valence-corrected chi connectivity index (χ3v) is 4.63. The molecule has 3 rings (SSSR count). The van der Waals surface area contributed by atoms with Crippen LogP contribution in [0, 0.1) is 11.3 Å². The number of aromatic nitrogens is 2. The number of ether oxygens (including phenoxy) is 2. The van der Waals surface area contributed by atoms with Gasteiger partial charge in [-0.15, -0.1) is 0 Å². The van der Waals surface area contributed by atoms with Crippen LogP contribution < -0.4 is 20.5 Å². The zero-order chi connectivity index (χ0) is 21.5. The number of amides is 1. The molecule has 0 fully saturated rings. The van der Waals surface area contributed by atoms with Gasteiger partial charge in [0.1, 0.15) is 17.5 Å². The molecule has 0 bridgehead atoms. The highest BCUT2D eigenvalue weighted by Gasteiger charge is 2.16. The van der Waals surface area contributed by atoms with E-state index in [1.165, 1.54) is 7.11 Å². The Bertz CT molecular complexity index is 1070. The van der Waals surface area contributed by atoms with Gasteiger partial charge in [-0.3, -0.25) is 4.79 Å². The highest BCUT2D eigenvalue weighted by atomic mass is 16.5. The number of nitrogens with two attached hydrogens (primary N) is 1. The predicted octanol–water partition coefficient (Wildman–Crippen LogP) is 2.71. The fraction of sp³-hybridized carbons (Fsp3) is 0.227. The first-order chi connectivity index (χ1) is 14.6. The van der Waals surface area contributed by atoms with E-state index in [-0.39, 0.29) is 5.91 Å². The quantitative estimate of drug-likeness (QED) is 0.557. The summed E-state index contributed by atoms with van der Waals surface area (Å²) >= 11 is 0. The molecule has 30 heavy (non-hydrogen) atoms. The lowest BCUT2D eigenvalue weighted by molar-refractivity contribution is 0.0952. The Balaban J connectivity index is 1.62. The summed E-state index contributed by atoms with van der Waals surface area (Å²) in [6, 6.07) is 16.5. The Labute approximate surface area is 174 Å². The van der Waals surface area contributed by atoms with Gasteiger partial charge in [0.25, 0.3) is 5.91 Å². The first kappa shape index (κ1) is 20.7. The molecule has 0 atom stereocenters. The second-order valence-electron chi connectivity index (χ2n) is 6.50. The van der Waals surface area contributed by atoms with E-state index in [2.05, 4.69) is 16.5 Å². The van der Waals surface area contributed by atoms with Crippen molar-refractivity contribution in [2.45, 2.75) is 12.8 Å². The number of nitrogens with one attached hydrogen (secondary N) is 1. The van der Waals surface area contributed by atoms with Crippen molar-refractivity contribution in [2.24, 2.45) is 0 Å². The SMILES string of the molecule is COc1ccc(C(=O)NCCCc2nn(-c3ccccc3)c(N)c2C#N)cc1OC. The molecule has 2 aromatic carbocycles. The van der Waals surface area contributed by atoms with E-state index in [1.807, 2.05) is 30.3 Å². The van der Waals surface area contributed by atoms with Crippen LogP contribution in [0.3, 0.4) is 0 Å². The van der Waals surface area contributed by atoms with E-state index in [4.69, 9.17) is 15.2 Å². The Hall–Kier alpha value is -3.99. The molecule has 0 saturated carbocycles. The normalized spacial score (nSPS) is 10.3. The van der Waals surface area contributed by atoms with Gasteiger partial charge in [0.05, 0.1) is 25.6 Å². The molecule has 3 aromatic rings. The molecule has 3 N–H and O–H groups in total. The number of carbonyl (C=O) groups is 1. The van der Waals surface area contributed by atoms with Gasteiger partial charge in [0.2, 0.25) is 0 Å². The number of benzene rings is 2. The smallest absolute Gasteiger partial charge is 0.251 e. The first-order valence-electron chi connectivity index (χ1n) is 9.42. The average Bonchev–Trinajstić information content (AvgIpc) is 3.11. The Kier molecular flexibility index (Phi) is 6.55. The number of rotatable bonds is 8. The summed E-state index contributed by atoms with van der Waals surface area (Å²) < 4.78 is 12.0. The number of hydrogen-bond acceptors (Lipinski definition) is 6. The molecule has 1 aromatic heterocycles. The van der Waals surface area contributed by atoms with Crippen LogP contribution in [-0.2, 0) is 6.42 Å². The maximum atomic E-state index is 12.4. The van der Waals surface area contributed by atoms with Crippen LogP contribution in [0.1, 0.15) is 28.0 Å². The second kappa shape index (κ2) is 9.47. The predicted molar refractivity (Wildman–Crippen MR) is 113 cm³/mol. The second-order valence-corrected chi connectivity index (χ2v) is 6.50. The minimum Gasteiger partial charge on any atom is -0.493 e. The van der Waals surface area contributed by atoms with E-state index >= 15 is 0 Å². The lowest BCUT2D eigenvalue weighted by Gasteiger charge is -2.10. The highest BCUT2D eigenvalue weighted by molar-refractivity contribution is 5.94. The van der Waals surface area contributed by atoms with Gasteiger partial charge in [-0.2, -0.15) is 10.4 Å². The van der Waals surface area contributed by atoms with E-state index in [0.29, 0.717) is 53.5 Å². The van der Waals surface area contributed by atoms with Crippen LogP contribution in [0.5, 0.6) is 11.5 Å². The van der Waals surface area contributed by atoms with Gasteiger partial charge in [0.15, 0.2) is 11.5 Å². The van der Waals surface area contributed by atoms with Crippen molar-refractivity contribution in [1.29, 1.82) is 5.26 Å². The van der Waals surface area contributed by atoms with Crippen molar-refractivity contribution in [2.75, 3.05) is 26.5 Å². The molecule has 0 aliphatic rings. The number of hydrogen-bond donors (Lipinski definition) is 2. The zero-order valence-corrected chi connectivity index (χ0v) is 16.9. The first-order valence-corrected chi connectivity index (χ1v) is 9.42. The van der Waals surface area contributed by atoms with Crippen LogP contribution in [0.15, 0.2) is 48.5 Å². The molecule has 8 nitrogen and oxygen atoms in total. The minimum atomic E-state index is -0.217. The van der Waals surface area contributed by atoms with Crippen molar-refractivity contribution in [1.82, 2.24) is 15.1 Å². The lowest BCUT2D eigenvalue weighted by atomic mass is 10.1. The molecule has 1 heterocycles. The fourth-order valence-electron chi connectivity index (χ4n) is 3.08. The van der Waals surface area contributed by atoms with E-state index in [9.17, 15) is 10.1 Å². The van der Waals surface area contributed by atoms with Crippen LogP contribution in [-0.4, -0.2) is 36.5 Å². The minimum absolute atomic E-state index is 0.217. The van der Waals surface area contributed by atoms with Crippen molar-refractivity contribution < 1.29 is 14.3 Å². The number of nitrogen functional groups attached to an aromatic ring is 1. The standard InChI is InChI=1S/C22H23N5O3/c1-29-19-11-10-15(13-20(19)30-2)22(28)25-12-6-9-18-17(14-23)21(24)27(26-18)16-7-4-3-5-8-16/h3-5,7-8,10-11,13H,6,9,12,24H2,1-2H3,(H,25,28). The Morgan fingerprint density at radius 3 is 2.57 bits per heavy atom. The number of aryl methyl sites for hydroxylation is 1. The third-order valence-electron chi connectivity index (χ3n) is 4.63. The molecule has 8 heteroatoms. The number of para-hydroxylation sites is 1. The summed E-state index contributed by atoms with van der Waals surface area (Å²) in [7, 11) is 3.06. The molecule has 0 aliphatic carbocycles. The number of methoxy groups -OCH3 is 2. The Morgan fingerprint density at radius 2 is 1.90 bits per heavy atom. The van der Waals surface area contributed by atoms with Crippen molar-refractivity contribution >= 4 is 11.7 Å². The van der Waals surface area contributed by atoms with E-state index in [1.54, 1.807) is 30.0 Å². The van der Waals surface area contributed by atoms with Gasteiger partial charge in [0, 0.05) is 12.1 Å². The van der Waals surface area contributed by atoms with Crippen LogP contribution >= 0.6 is 0 Å². The molecular weight excluding hydrogens is 382 g/mol. The molecule has 0 spiro atoms. The van der Waals surface area contributed by atoms with Gasteiger partial charge in [-0.05, 0) is 43.2 Å². The molecule has 154 valence electrons. The number of nitrogens with zero attached hydrogens (tertiary/aromatic N) is 3. The van der Waals surface area contributed by atoms with Crippen molar-refractivity contribution in [3.8, 4) is 23.3 Å². The molecule has 1 amide bonds. The molecule has 0 radical (unpaired) electrons. The monoisotopic (exact) mass is 405 g/mol. The lowest BCUT2D eigenvalue weighted by Crippen LogP contribution is -2.24.